The first-order valence-corrected chi connectivity index (χ1v) is 8.52. The summed E-state index contributed by atoms with van der Waals surface area (Å²) in [6, 6.07) is 16.6. The number of benzene rings is 2. The zero-order valence-electron chi connectivity index (χ0n) is 14.8. The van der Waals surface area contributed by atoms with Crippen LogP contribution in [0.15, 0.2) is 78.2 Å². The summed E-state index contributed by atoms with van der Waals surface area (Å²) in [5, 5.41) is 4.55. The van der Waals surface area contributed by atoms with E-state index in [4.69, 9.17) is 0 Å². The number of rotatable bonds is 3. The molecule has 27 heavy (non-hydrogen) atoms. The molecule has 0 bridgehead atoms. The molecule has 4 rings (SSSR count). The normalized spacial score (nSPS) is 10.9. The minimum Gasteiger partial charge on any atom is -0.322 e. The summed E-state index contributed by atoms with van der Waals surface area (Å²) < 4.78 is 1.66. The number of para-hydroxylation sites is 1. The van der Waals surface area contributed by atoms with Gasteiger partial charge in [-0.2, -0.15) is 0 Å². The third-order valence-electron chi connectivity index (χ3n) is 4.55. The molecule has 0 saturated carbocycles. The Morgan fingerprint density at radius 3 is 2.78 bits per heavy atom. The number of aromatic nitrogens is 2. The van der Waals surface area contributed by atoms with Crippen molar-refractivity contribution >= 4 is 33.4 Å². The molecule has 0 spiro atoms. The van der Waals surface area contributed by atoms with E-state index in [-0.39, 0.29) is 11.5 Å². The minimum atomic E-state index is -0.296. The highest BCUT2D eigenvalue weighted by atomic mass is 16.1. The van der Waals surface area contributed by atoms with Gasteiger partial charge in [0.15, 0.2) is 0 Å². The van der Waals surface area contributed by atoms with Crippen LogP contribution in [0.1, 0.15) is 5.56 Å². The maximum Gasteiger partial charge on any atom is 0.255 e. The van der Waals surface area contributed by atoms with Gasteiger partial charge in [0.2, 0.25) is 5.91 Å². The van der Waals surface area contributed by atoms with Gasteiger partial charge < -0.3 is 5.32 Å². The van der Waals surface area contributed by atoms with Crippen LogP contribution in [-0.4, -0.2) is 15.5 Å². The highest BCUT2D eigenvalue weighted by Crippen LogP contribution is 2.26. The second kappa shape index (κ2) is 6.53. The lowest BCUT2D eigenvalue weighted by molar-refractivity contribution is -0.111. The Morgan fingerprint density at radius 1 is 1.15 bits per heavy atom. The topological polar surface area (TPSA) is 64.0 Å². The second-order valence-electron chi connectivity index (χ2n) is 6.28. The average Bonchev–Trinajstić information content (AvgIpc) is 2.69. The van der Waals surface area contributed by atoms with E-state index in [1.165, 1.54) is 12.1 Å². The molecule has 1 amide bonds. The summed E-state index contributed by atoms with van der Waals surface area (Å²) >= 11 is 0. The second-order valence-corrected chi connectivity index (χ2v) is 6.28. The van der Waals surface area contributed by atoms with Crippen LogP contribution in [-0.2, 0) is 4.79 Å². The maximum absolute atomic E-state index is 12.8. The fourth-order valence-corrected chi connectivity index (χ4v) is 3.18. The van der Waals surface area contributed by atoms with E-state index in [2.05, 4.69) is 16.9 Å². The molecule has 0 fully saturated rings. The monoisotopic (exact) mass is 355 g/mol. The summed E-state index contributed by atoms with van der Waals surface area (Å²) in [6.45, 7) is 5.38. The molecule has 5 heteroatoms. The van der Waals surface area contributed by atoms with Crippen molar-refractivity contribution in [2.75, 3.05) is 5.32 Å². The van der Waals surface area contributed by atoms with Crippen LogP contribution in [0.2, 0.25) is 0 Å². The summed E-state index contributed by atoms with van der Waals surface area (Å²) in [5.41, 5.74) is 3.67. The van der Waals surface area contributed by atoms with Gasteiger partial charge in [-0.15, -0.1) is 0 Å². The summed E-state index contributed by atoms with van der Waals surface area (Å²) in [4.78, 5) is 29.0. The molecule has 1 N–H and O–H groups in total. The third-order valence-corrected chi connectivity index (χ3v) is 4.55. The first-order valence-electron chi connectivity index (χ1n) is 8.52. The van der Waals surface area contributed by atoms with E-state index in [0.717, 1.165) is 27.4 Å². The predicted molar refractivity (Wildman–Crippen MR) is 108 cm³/mol. The fraction of sp³-hybridized carbons (Fsp3) is 0.0455. The smallest absolute Gasteiger partial charge is 0.255 e. The zero-order valence-corrected chi connectivity index (χ0v) is 14.8. The Kier molecular flexibility index (Phi) is 4.05. The Bertz CT molecular complexity index is 1270. The number of pyridine rings is 2. The lowest BCUT2D eigenvalue weighted by Gasteiger charge is -2.15. The van der Waals surface area contributed by atoms with E-state index >= 15 is 0 Å². The number of carbonyl (C=O) groups excluding carboxylic acids is 1. The Morgan fingerprint density at radius 2 is 1.96 bits per heavy atom. The van der Waals surface area contributed by atoms with Gasteiger partial charge in [-0.05, 0) is 42.8 Å². The van der Waals surface area contributed by atoms with E-state index < -0.39 is 0 Å². The average molecular weight is 355 g/mol. The van der Waals surface area contributed by atoms with Crippen LogP contribution >= 0.6 is 0 Å². The van der Waals surface area contributed by atoms with Crippen LogP contribution in [0.5, 0.6) is 0 Å². The van der Waals surface area contributed by atoms with Crippen LogP contribution in [0.3, 0.4) is 0 Å². The molecular weight excluding hydrogens is 338 g/mol. The number of anilines is 1. The molecular formula is C22H17N3O2. The molecule has 2 aromatic carbocycles. The first kappa shape index (κ1) is 16.7. The number of nitrogens with zero attached hydrogens (tertiary/aromatic N) is 2. The lowest BCUT2D eigenvalue weighted by atomic mass is 10.1. The summed E-state index contributed by atoms with van der Waals surface area (Å²) in [7, 11) is 0. The predicted octanol–water partition coefficient (Wildman–Crippen LogP) is 3.97. The number of carbonyl (C=O) groups is 1. The summed E-state index contributed by atoms with van der Waals surface area (Å²) in [6.07, 6.45) is 2.98. The molecule has 0 aliphatic rings. The van der Waals surface area contributed by atoms with Crippen LogP contribution in [0.4, 0.5) is 5.69 Å². The fourth-order valence-electron chi connectivity index (χ4n) is 3.18. The van der Waals surface area contributed by atoms with Gasteiger partial charge in [0.1, 0.15) is 0 Å². The van der Waals surface area contributed by atoms with E-state index in [9.17, 15) is 9.59 Å². The molecule has 0 radical (unpaired) electrons. The number of hydrogen-bond acceptors (Lipinski definition) is 3. The Balaban J connectivity index is 2.04. The largest absolute Gasteiger partial charge is 0.322 e. The van der Waals surface area contributed by atoms with Crippen molar-refractivity contribution in [2.24, 2.45) is 0 Å². The SMILES string of the molecule is C=CC(=O)Nc1cc(-n2c(=O)ccc3cnc4ccccc4c32)ccc1C. The minimum absolute atomic E-state index is 0.149. The van der Waals surface area contributed by atoms with Crippen molar-refractivity contribution in [2.45, 2.75) is 6.92 Å². The first-order chi connectivity index (χ1) is 13.1. The van der Waals surface area contributed by atoms with Gasteiger partial charge in [0.05, 0.1) is 16.7 Å². The maximum atomic E-state index is 12.8. The zero-order chi connectivity index (χ0) is 19.0. The van der Waals surface area contributed by atoms with Crippen molar-refractivity contribution in [3.63, 3.8) is 0 Å². The molecule has 4 aromatic rings. The molecule has 0 aliphatic heterocycles. The Labute approximate surface area is 155 Å². The quantitative estimate of drug-likeness (QED) is 0.447. The molecule has 0 unspecified atom stereocenters. The van der Waals surface area contributed by atoms with Gasteiger partial charge in [0.25, 0.3) is 5.56 Å². The third kappa shape index (κ3) is 2.89. The van der Waals surface area contributed by atoms with Crippen molar-refractivity contribution < 1.29 is 4.79 Å². The van der Waals surface area contributed by atoms with Gasteiger partial charge in [-0.25, -0.2) is 0 Å². The number of nitrogens with one attached hydrogen (secondary N) is 1. The highest BCUT2D eigenvalue weighted by molar-refractivity contribution is 6.04. The van der Waals surface area contributed by atoms with E-state index in [0.29, 0.717) is 11.4 Å². The van der Waals surface area contributed by atoms with E-state index in [1.807, 2.05) is 43.3 Å². The molecule has 0 aliphatic carbocycles. The number of hydrogen-bond donors (Lipinski definition) is 1. The van der Waals surface area contributed by atoms with Crippen molar-refractivity contribution in [3.05, 3.63) is 89.4 Å². The van der Waals surface area contributed by atoms with Gasteiger partial charge in [-0.1, -0.05) is 30.8 Å². The molecule has 0 atom stereocenters. The standard InChI is InChI=1S/C22H17N3O2/c1-3-20(26)24-19-12-16(10-8-14(19)2)25-21(27)11-9-15-13-23-18-7-5-4-6-17(18)22(15)25/h3-13H,1H2,2H3,(H,24,26). The highest BCUT2D eigenvalue weighted by Gasteiger charge is 2.12. The molecule has 0 saturated heterocycles. The Hall–Kier alpha value is -3.73. The van der Waals surface area contributed by atoms with Crippen molar-refractivity contribution in [3.8, 4) is 5.69 Å². The van der Waals surface area contributed by atoms with Crippen molar-refractivity contribution in [1.29, 1.82) is 0 Å². The van der Waals surface area contributed by atoms with Gasteiger partial charge >= 0.3 is 0 Å². The number of amides is 1. The number of fused-ring (bicyclic) bond motifs is 3. The van der Waals surface area contributed by atoms with Crippen LogP contribution in [0.25, 0.3) is 27.5 Å². The van der Waals surface area contributed by atoms with Gasteiger partial charge in [0, 0.05) is 28.7 Å². The lowest BCUT2D eigenvalue weighted by Crippen LogP contribution is -2.18. The van der Waals surface area contributed by atoms with Gasteiger partial charge in [-0.3, -0.25) is 19.1 Å². The van der Waals surface area contributed by atoms with Crippen LogP contribution < -0.4 is 10.9 Å². The molecule has 2 heterocycles. The molecule has 132 valence electrons. The van der Waals surface area contributed by atoms with Crippen LogP contribution in [0, 0.1) is 6.92 Å². The van der Waals surface area contributed by atoms with Crippen molar-refractivity contribution in [1.82, 2.24) is 9.55 Å². The number of aryl methyl sites for hydroxylation is 1. The van der Waals surface area contributed by atoms with E-state index in [1.54, 1.807) is 22.9 Å². The molecule has 5 nitrogen and oxygen atoms in total. The summed E-state index contributed by atoms with van der Waals surface area (Å²) in [5.74, 6) is -0.296. The molecule has 2 aromatic heterocycles.